The first-order chi connectivity index (χ1) is 9.35. The highest BCUT2D eigenvalue weighted by atomic mass is 32.2. The number of rotatable bonds is 4. The minimum atomic E-state index is -3.52. The van der Waals surface area contributed by atoms with Gasteiger partial charge in [-0.05, 0) is 23.8 Å². The average molecular weight is 293 g/mol. The van der Waals surface area contributed by atoms with E-state index in [1.165, 1.54) is 18.5 Å². The summed E-state index contributed by atoms with van der Waals surface area (Å²) in [5, 5.41) is 0. The molecule has 1 fully saturated rings. The van der Waals surface area contributed by atoms with Crippen molar-refractivity contribution in [2.45, 2.75) is 25.2 Å². The first-order valence-electron chi connectivity index (χ1n) is 6.49. The number of nitrogens with zero attached hydrogens (tertiary/aromatic N) is 1. The Morgan fingerprint density at radius 1 is 1.50 bits per heavy atom. The predicted molar refractivity (Wildman–Crippen MR) is 77.2 cm³/mol. The standard InChI is InChI=1S/C14H19N3O2S/c1-14(2)7-12(14)9-17-20(18,19)13-6-11(4-3-5-15)8-16-10-13/h6,8,10,12,17H,5,7,9,15H2,1-2H3. The second-order valence-electron chi connectivity index (χ2n) is 5.66. The van der Waals surface area contributed by atoms with Crippen LogP contribution in [0.15, 0.2) is 23.4 Å². The highest BCUT2D eigenvalue weighted by Crippen LogP contribution is 2.51. The molecule has 0 aliphatic heterocycles. The molecule has 108 valence electrons. The van der Waals surface area contributed by atoms with E-state index in [4.69, 9.17) is 5.73 Å². The molecule has 1 aliphatic rings. The summed E-state index contributed by atoms with van der Waals surface area (Å²) in [5.41, 5.74) is 6.08. The lowest BCUT2D eigenvalue weighted by molar-refractivity contribution is 0.537. The van der Waals surface area contributed by atoms with Crippen molar-refractivity contribution in [2.75, 3.05) is 13.1 Å². The molecule has 6 heteroatoms. The molecule has 3 N–H and O–H groups in total. The zero-order valence-electron chi connectivity index (χ0n) is 11.7. The molecule has 1 heterocycles. The second-order valence-corrected chi connectivity index (χ2v) is 7.42. The summed E-state index contributed by atoms with van der Waals surface area (Å²) in [6.45, 7) is 4.97. The van der Waals surface area contributed by atoms with E-state index in [9.17, 15) is 8.42 Å². The maximum Gasteiger partial charge on any atom is 0.242 e. The summed E-state index contributed by atoms with van der Waals surface area (Å²) in [6.07, 6.45) is 3.90. The van der Waals surface area contributed by atoms with E-state index in [2.05, 4.69) is 35.4 Å². The molecule has 0 radical (unpaired) electrons. The van der Waals surface area contributed by atoms with Crippen LogP contribution >= 0.6 is 0 Å². The molecule has 1 unspecified atom stereocenters. The van der Waals surface area contributed by atoms with Crippen LogP contribution in [0.1, 0.15) is 25.8 Å². The summed E-state index contributed by atoms with van der Waals surface area (Å²) >= 11 is 0. The van der Waals surface area contributed by atoms with E-state index >= 15 is 0 Å². The lowest BCUT2D eigenvalue weighted by atomic mass is 10.1. The first kappa shape index (κ1) is 15.0. The Balaban J connectivity index is 2.09. The van der Waals surface area contributed by atoms with Crippen LogP contribution in [0.5, 0.6) is 0 Å². The molecular weight excluding hydrogens is 274 g/mol. The topological polar surface area (TPSA) is 85.1 Å². The zero-order chi connectivity index (χ0) is 14.8. The molecule has 1 saturated carbocycles. The van der Waals surface area contributed by atoms with E-state index in [1.807, 2.05) is 0 Å². The summed E-state index contributed by atoms with van der Waals surface area (Å²) in [6, 6.07) is 1.51. The van der Waals surface area contributed by atoms with E-state index in [0.29, 0.717) is 18.0 Å². The van der Waals surface area contributed by atoms with Gasteiger partial charge in [0, 0.05) is 24.5 Å². The third-order valence-electron chi connectivity index (χ3n) is 3.60. The maximum atomic E-state index is 12.2. The van der Waals surface area contributed by atoms with Crippen LogP contribution < -0.4 is 10.5 Å². The van der Waals surface area contributed by atoms with E-state index in [1.54, 1.807) is 0 Å². The highest BCUT2D eigenvalue weighted by Gasteiger charge is 2.45. The van der Waals surface area contributed by atoms with E-state index in [0.717, 1.165) is 6.42 Å². The number of nitrogens with one attached hydrogen (secondary N) is 1. The molecule has 0 saturated heterocycles. The molecule has 5 nitrogen and oxygen atoms in total. The number of nitrogens with two attached hydrogens (primary N) is 1. The quantitative estimate of drug-likeness (QED) is 0.801. The van der Waals surface area contributed by atoms with Crippen LogP contribution in [-0.2, 0) is 10.0 Å². The molecule has 1 aliphatic carbocycles. The number of hydrogen-bond acceptors (Lipinski definition) is 4. The maximum absolute atomic E-state index is 12.2. The highest BCUT2D eigenvalue weighted by molar-refractivity contribution is 7.89. The van der Waals surface area contributed by atoms with E-state index < -0.39 is 10.0 Å². The van der Waals surface area contributed by atoms with Crippen molar-refractivity contribution in [3.05, 3.63) is 24.0 Å². The molecular formula is C14H19N3O2S. The summed E-state index contributed by atoms with van der Waals surface area (Å²) in [4.78, 5) is 4.05. The Kier molecular flexibility index (Phi) is 4.14. The molecule has 0 bridgehead atoms. The summed E-state index contributed by atoms with van der Waals surface area (Å²) in [7, 11) is -3.52. The average Bonchev–Trinajstić information content (AvgIpc) is 3.02. The van der Waals surface area contributed by atoms with Crippen molar-refractivity contribution >= 4 is 10.0 Å². The molecule has 2 rings (SSSR count). The fraction of sp³-hybridized carbons (Fsp3) is 0.500. The van der Waals surface area contributed by atoms with Crippen molar-refractivity contribution < 1.29 is 8.42 Å². The van der Waals surface area contributed by atoms with Crippen molar-refractivity contribution in [2.24, 2.45) is 17.1 Å². The first-order valence-corrected chi connectivity index (χ1v) is 7.97. The Labute approximate surface area is 120 Å². The Bertz CT molecular complexity index is 656. The van der Waals surface area contributed by atoms with Crippen LogP contribution in [0, 0.1) is 23.2 Å². The fourth-order valence-electron chi connectivity index (χ4n) is 2.01. The van der Waals surface area contributed by atoms with Crippen molar-refractivity contribution in [1.82, 2.24) is 9.71 Å². The largest absolute Gasteiger partial charge is 0.320 e. The Morgan fingerprint density at radius 3 is 2.80 bits per heavy atom. The Morgan fingerprint density at radius 2 is 2.20 bits per heavy atom. The van der Waals surface area contributed by atoms with E-state index in [-0.39, 0.29) is 16.9 Å². The lowest BCUT2D eigenvalue weighted by Crippen LogP contribution is -2.27. The second kappa shape index (κ2) is 5.52. The van der Waals surface area contributed by atoms with Gasteiger partial charge in [0.15, 0.2) is 0 Å². The van der Waals surface area contributed by atoms with Gasteiger partial charge in [0.25, 0.3) is 0 Å². The van der Waals surface area contributed by atoms with Crippen LogP contribution in [-0.4, -0.2) is 26.5 Å². The van der Waals surface area contributed by atoms with Crippen LogP contribution in [0.4, 0.5) is 0 Å². The molecule has 1 atom stereocenters. The minimum Gasteiger partial charge on any atom is -0.320 e. The van der Waals surface area contributed by atoms with Gasteiger partial charge < -0.3 is 5.73 Å². The number of sulfonamides is 1. The molecule has 0 spiro atoms. The third kappa shape index (κ3) is 3.57. The van der Waals surface area contributed by atoms with Gasteiger partial charge >= 0.3 is 0 Å². The minimum absolute atomic E-state index is 0.139. The molecule has 0 amide bonds. The molecule has 1 aromatic rings. The zero-order valence-corrected chi connectivity index (χ0v) is 12.5. The van der Waals surface area contributed by atoms with Gasteiger partial charge in [-0.25, -0.2) is 13.1 Å². The van der Waals surface area contributed by atoms with Gasteiger partial charge in [-0.15, -0.1) is 0 Å². The number of pyridine rings is 1. The fourth-order valence-corrected chi connectivity index (χ4v) is 3.07. The van der Waals surface area contributed by atoms with Gasteiger partial charge in [-0.2, -0.15) is 0 Å². The van der Waals surface area contributed by atoms with Crippen molar-refractivity contribution in [1.29, 1.82) is 0 Å². The number of aromatic nitrogens is 1. The smallest absolute Gasteiger partial charge is 0.242 e. The number of hydrogen-bond donors (Lipinski definition) is 2. The van der Waals surface area contributed by atoms with Gasteiger partial charge in [0.05, 0.1) is 6.54 Å². The van der Waals surface area contributed by atoms with Gasteiger partial charge in [0.1, 0.15) is 4.90 Å². The predicted octanol–water partition coefficient (Wildman–Crippen LogP) is 0.716. The van der Waals surface area contributed by atoms with Crippen LogP contribution in [0.2, 0.25) is 0 Å². The van der Waals surface area contributed by atoms with Crippen molar-refractivity contribution in [3.63, 3.8) is 0 Å². The summed E-state index contributed by atoms with van der Waals surface area (Å²) < 4.78 is 27.0. The van der Waals surface area contributed by atoms with Crippen LogP contribution in [0.25, 0.3) is 0 Å². The van der Waals surface area contributed by atoms with Crippen LogP contribution in [0.3, 0.4) is 0 Å². The normalized spacial score (nSPS) is 20.1. The lowest BCUT2D eigenvalue weighted by Gasteiger charge is -2.07. The molecule has 20 heavy (non-hydrogen) atoms. The Hall–Kier alpha value is -1.42. The SMILES string of the molecule is CC1(C)CC1CNS(=O)(=O)c1cncc(C#CCN)c1. The molecule has 1 aromatic heterocycles. The van der Waals surface area contributed by atoms with Gasteiger partial charge in [0.2, 0.25) is 10.0 Å². The third-order valence-corrected chi connectivity index (χ3v) is 4.99. The molecule has 0 aromatic carbocycles. The van der Waals surface area contributed by atoms with Gasteiger partial charge in [-0.3, -0.25) is 4.98 Å². The summed E-state index contributed by atoms with van der Waals surface area (Å²) in [5.74, 6) is 5.86. The monoisotopic (exact) mass is 293 g/mol. The van der Waals surface area contributed by atoms with Gasteiger partial charge in [-0.1, -0.05) is 25.7 Å². The van der Waals surface area contributed by atoms with Crippen molar-refractivity contribution in [3.8, 4) is 11.8 Å².